The van der Waals surface area contributed by atoms with Gasteiger partial charge >= 0.3 is 14.0 Å². The van der Waals surface area contributed by atoms with Crippen molar-refractivity contribution in [3.8, 4) is 0 Å². The molecule has 0 radical (unpaired) electrons. The van der Waals surface area contributed by atoms with Crippen LogP contribution in [0.3, 0.4) is 0 Å². The molecule has 2 heterocycles. The molecule has 3 aromatic rings. The first-order valence-corrected chi connectivity index (χ1v) is 27.5. The normalized spacial score (nSPS) is 17.8. The van der Waals surface area contributed by atoms with Gasteiger partial charge < -0.3 is 41.0 Å². The summed E-state index contributed by atoms with van der Waals surface area (Å²) in [6, 6.07) is 24.6. The molecule has 396 valence electrons. The predicted molar refractivity (Wildman–Crippen MR) is 280 cm³/mol. The van der Waals surface area contributed by atoms with Crippen LogP contribution in [-0.2, 0) is 31.1 Å². The minimum Gasteiger partial charge on any atom is -0.449 e. The van der Waals surface area contributed by atoms with Crippen LogP contribution in [0.1, 0.15) is 99.7 Å². The molecule has 0 spiro atoms. The van der Waals surface area contributed by atoms with Crippen LogP contribution in [0.25, 0.3) is 5.57 Å². The number of unbranched alkanes of at least 4 members (excludes halogenated alkanes) is 2. The van der Waals surface area contributed by atoms with E-state index >= 15 is 0 Å². The van der Waals surface area contributed by atoms with Crippen LogP contribution in [0.4, 0.5) is 37.3 Å². The summed E-state index contributed by atoms with van der Waals surface area (Å²) in [5.74, 6) is -0.650. The molecule has 0 aromatic heterocycles. The highest BCUT2D eigenvalue weighted by atomic mass is 32.2. The molecule has 21 heteroatoms. The molecule has 4 N–H and O–H groups in total. The number of nitrogens with one attached hydrogen (secondary N) is 2. The summed E-state index contributed by atoms with van der Waals surface area (Å²) in [6.07, 6.45) is 13.4. The first-order valence-electron chi connectivity index (χ1n) is 24.3. The lowest BCUT2D eigenvalue weighted by molar-refractivity contribution is -0.856. The molecule has 6 rings (SSSR count). The summed E-state index contributed by atoms with van der Waals surface area (Å²) in [6.45, 7) is 2.98. The summed E-state index contributed by atoms with van der Waals surface area (Å²) in [5, 5.41) is 3.04. The van der Waals surface area contributed by atoms with Gasteiger partial charge in [0.2, 0.25) is 5.69 Å². The lowest BCUT2D eigenvalue weighted by Gasteiger charge is -2.28. The molecule has 72 heavy (non-hydrogen) atoms. The maximum atomic E-state index is 13.1. The zero-order valence-corrected chi connectivity index (χ0v) is 44.1. The second-order valence-corrected chi connectivity index (χ2v) is 23.0. The Hall–Kier alpha value is -4.95. The summed E-state index contributed by atoms with van der Waals surface area (Å²) < 4.78 is 130. The number of rotatable bonds is 18. The molecule has 0 unspecified atom stereocenters. The standard InChI is InChI=1S/C49H62N4O7S2.2CH3BF3/c1-48(2)40-18-7-9-20-42(40)52(31-11-13-34-61(55,56)57)44(48)28-26-36-16-15-17-37(46(36)38-22-24-39(25-23-38)47(54)50-30-33-51(5)6)27-29-45-49(3,4)41-19-8-10-21-43(41)53(45)32-12-14-35-62(58,59)60;2*1-2(3,4)5/h7-10,18-29H,11-17,30-35H2,1-6H3,(H2-,50,54,55,56,57,58,59,60);2*1H3/q;2*-1/p+2. The maximum Gasteiger partial charge on any atom is 0.475 e. The van der Waals surface area contributed by atoms with E-state index in [-0.39, 0.29) is 41.9 Å². The van der Waals surface area contributed by atoms with Gasteiger partial charge in [0.05, 0.1) is 44.1 Å². The Morgan fingerprint density at radius 2 is 1.31 bits per heavy atom. The minimum atomic E-state index is -4.50. The average molecular weight is 1050 g/mol. The fraction of sp³-hybridized carbons (Fsp3) is 0.451. The van der Waals surface area contributed by atoms with Gasteiger partial charge in [-0.2, -0.15) is 21.4 Å². The Labute approximate surface area is 422 Å². The summed E-state index contributed by atoms with van der Waals surface area (Å²) >= 11 is 0. The lowest BCUT2D eigenvalue weighted by Crippen LogP contribution is -3.06. The van der Waals surface area contributed by atoms with Gasteiger partial charge in [0.25, 0.3) is 26.1 Å². The number of carbonyl (C=O) groups is 1. The molecule has 3 aromatic carbocycles. The zero-order chi connectivity index (χ0) is 53.9. The summed E-state index contributed by atoms with van der Waals surface area (Å²) in [5.41, 5.74) is 11.2. The zero-order valence-electron chi connectivity index (χ0n) is 42.5. The van der Waals surface area contributed by atoms with Gasteiger partial charge in [0, 0.05) is 53.0 Å². The van der Waals surface area contributed by atoms with Crippen LogP contribution < -0.4 is 15.1 Å². The van der Waals surface area contributed by atoms with E-state index in [4.69, 9.17) is 0 Å². The Balaban J connectivity index is 0.00000102. The predicted octanol–water partition coefficient (Wildman–Crippen LogP) is 10.0. The molecule has 0 saturated carbocycles. The number of amides is 1. The van der Waals surface area contributed by atoms with Gasteiger partial charge in [0.1, 0.15) is 6.54 Å². The summed E-state index contributed by atoms with van der Waals surface area (Å²) in [4.78, 5) is 16.7. The number of halogens is 6. The third kappa shape index (κ3) is 18.2. The van der Waals surface area contributed by atoms with Crippen molar-refractivity contribution in [3.05, 3.63) is 136 Å². The number of carbonyl (C=O) groups excluding carboxylic acids is 1. The number of benzene rings is 3. The van der Waals surface area contributed by atoms with Crippen LogP contribution in [0.2, 0.25) is 13.6 Å². The van der Waals surface area contributed by atoms with E-state index in [2.05, 4.69) is 117 Å². The number of anilines is 1. The van der Waals surface area contributed by atoms with Gasteiger partial charge in [-0.3, -0.25) is 13.9 Å². The van der Waals surface area contributed by atoms with E-state index in [1.807, 2.05) is 36.4 Å². The van der Waals surface area contributed by atoms with Crippen molar-refractivity contribution < 1.29 is 66.1 Å². The van der Waals surface area contributed by atoms with Crippen molar-refractivity contribution in [2.24, 2.45) is 0 Å². The van der Waals surface area contributed by atoms with Crippen LogP contribution in [-0.4, -0.2) is 108 Å². The first kappa shape index (κ1) is 59.6. The molecule has 2 aliphatic heterocycles. The number of quaternary nitrogens is 1. The molecular weight excluding hydrogens is 980 g/mol. The Morgan fingerprint density at radius 3 is 1.89 bits per heavy atom. The van der Waals surface area contributed by atoms with Crippen molar-refractivity contribution in [1.29, 1.82) is 0 Å². The third-order valence-electron chi connectivity index (χ3n) is 12.4. The number of hydrogen-bond acceptors (Lipinski definition) is 6. The number of allylic oxidation sites excluding steroid dienone is 8. The van der Waals surface area contributed by atoms with Crippen molar-refractivity contribution >= 4 is 62.8 Å². The van der Waals surface area contributed by atoms with Gasteiger partial charge in [-0.1, -0.05) is 88.2 Å². The molecular formula is C51H70B2F6N4O7S2. The molecule has 3 aliphatic rings. The highest BCUT2D eigenvalue weighted by Crippen LogP contribution is 2.48. The van der Waals surface area contributed by atoms with Gasteiger partial charge in [-0.25, -0.2) is 0 Å². The average Bonchev–Trinajstić information content (AvgIpc) is 3.61. The summed E-state index contributed by atoms with van der Waals surface area (Å²) in [7, 11) is -3.98. The monoisotopic (exact) mass is 1050 g/mol. The highest BCUT2D eigenvalue weighted by molar-refractivity contribution is 7.86. The Morgan fingerprint density at radius 1 is 0.750 bits per heavy atom. The molecule has 1 amide bonds. The van der Waals surface area contributed by atoms with Gasteiger partial charge in [-0.05, 0) is 104 Å². The van der Waals surface area contributed by atoms with Gasteiger partial charge in [0.15, 0.2) is 5.71 Å². The van der Waals surface area contributed by atoms with Crippen molar-refractivity contribution in [2.45, 2.75) is 97.1 Å². The fourth-order valence-corrected chi connectivity index (χ4v) is 10.3. The largest absolute Gasteiger partial charge is 0.475 e. The molecule has 0 atom stereocenters. The fourth-order valence-electron chi connectivity index (χ4n) is 9.18. The number of para-hydroxylation sites is 2. The molecule has 0 bridgehead atoms. The lowest BCUT2D eigenvalue weighted by atomic mass is 9.79. The Bertz CT molecular complexity index is 2750. The molecule has 11 nitrogen and oxygen atoms in total. The molecule has 0 saturated heterocycles. The van der Waals surface area contributed by atoms with Crippen LogP contribution >= 0.6 is 0 Å². The van der Waals surface area contributed by atoms with E-state index in [0.717, 1.165) is 59.7 Å². The van der Waals surface area contributed by atoms with Crippen LogP contribution in [0, 0.1) is 0 Å². The molecule has 0 fully saturated rings. The Kier molecular flexibility index (Phi) is 20.6. The van der Waals surface area contributed by atoms with Crippen LogP contribution in [0.5, 0.6) is 0 Å². The second-order valence-electron chi connectivity index (χ2n) is 19.9. The highest BCUT2D eigenvalue weighted by Gasteiger charge is 2.44. The quantitative estimate of drug-likeness (QED) is 0.0324. The van der Waals surface area contributed by atoms with E-state index in [1.54, 1.807) is 0 Å². The first-order chi connectivity index (χ1) is 33.3. The van der Waals surface area contributed by atoms with Crippen molar-refractivity contribution in [2.75, 3.05) is 56.7 Å². The smallest absolute Gasteiger partial charge is 0.449 e. The number of hydrogen-bond donors (Lipinski definition) is 4. The maximum absolute atomic E-state index is 13.1. The third-order valence-corrected chi connectivity index (χ3v) is 14.0. The van der Waals surface area contributed by atoms with Gasteiger partial charge in [-0.15, -0.1) is 0 Å². The topological polar surface area (TPSA) is 149 Å². The molecule has 1 aliphatic carbocycles. The SMILES string of the molecule is C[B-](F)(F)F.C[B-](F)(F)F.C[NH+](C)CCNC(=O)c1ccc(C2=C(/C=C/C3=[N+](CCCCS(=O)(=O)O)c4ccccc4C3(C)C)CCC/C2=C\C=C2\N(CCCCS(=O)(=O)O)c3ccccc3C2(C)C)cc1. The van der Waals surface area contributed by atoms with E-state index in [1.165, 1.54) is 27.2 Å². The minimum absolute atomic E-state index is 0.105. The van der Waals surface area contributed by atoms with Crippen molar-refractivity contribution in [3.63, 3.8) is 0 Å². The number of nitrogens with zero attached hydrogens (tertiary/aromatic N) is 2. The van der Waals surface area contributed by atoms with E-state index in [0.29, 0.717) is 50.9 Å². The van der Waals surface area contributed by atoms with Crippen LogP contribution in [0.15, 0.2) is 114 Å². The second kappa shape index (κ2) is 24.9. The van der Waals surface area contributed by atoms with E-state index in [9.17, 15) is 56.6 Å². The van der Waals surface area contributed by atoms with E-state index < -0.39 is 34.2 Å². The number of likely N-dealkylation sites (N-methyl/N-ethyl adjacent to an activating group) is 1. The van der Waals surface area contributed by atoms with Crippen molar-refractivity contribution in [1.82, 2.24) is 5.32 Å². The number of fused-ring (bicyclic) bond motifs is 2.